The molecule has 1 aromatic carbocycles. The lowest BCUT2D eigenvalue weighted by Gasteiger charge is -2.20. The summed E-state index contributed by atoms with van der Waals surface area (Å²) in [6, 6.07) is 9.52. The second-order valence-electron chi connectivity index (χ2n) is 6.60. The van der Waals surface area contributed by atoms with E-state index in [-0.39, 0.29) is 22.9 Å². The van der Waals surface area contributed by atoms with E-state index in [1.165, 1.54) is 18.3 Å². The summed E-state index contributed by atoms with van der Waals surface area (Å²) in [5.74, 6) is -0.929. The van der Waals surface area contributed by atoms with Gasteiger partial charge in [-0.25, -0.2) is 9.88 Å². The zero-order valence-corrected chi connectivity index (χ0v) is 13.7. The lowest BCUT2D eigenvalue weighted by Crippen LogP contribution is -2.40. The van der Waals surface area contributed by atoms with E-state index in [0.717, 1.165) is 4.90 Å². The molecule has 0 saturated heterocycles. The van der Waals surface area contributed by atoms with Gasteiger partial charge in [-0.05, 0) is 51.1 Å². The molecule has 6 heteroatoms. The summed E-state index contributed by atoms with van der Waals surface area (Å²) in [5, 5.41) is 2.83. The van der Waals surface area contributed by atoms with Crippen LogP contribution in [0.2, 0.25) is 0 Å². The van der Waals surface area contributed by atoms with Gasteiger partial charge in [0.15, 0.2) is 0 Å². The minimum absolute atomic E-state index is 0.215. The molecule has 6 nitrogen and oxygen atoms in total. The summed E-state index contributed by atoms with van der Waals surface area (Å²) in [7, 11) is 0. The van der Waals surface area contributed by atoms with Crippen LogP contribution in [0.3, 0.4) is 0 Å². The first-order chi connectivity index (χ1) is 11.3. The number of anilines is 1. The highest BCUT2D eigenvalue weighted by atomic mass is 16.2. The van der Waals surface area contributed by atoms with Gasteiger partial charge in [-0.1, -0.05) is 6.07 Å². The number of carbonyl (C=O) groups excluding carboxylic acids is 3. The van der Waals surface area contributed by atoms with E-state index in [1.807, 2.05) is 20.8 Å². The highest BCUT2D eigenvalue weighted by Crippen LogP contribution is 2.27. The Morgan fingerprint density at radius 2 is 1.75 bits per heavy atom. The van der Waals surface area contributed by atoms with E-state index >= 15 is 0 Å². The first-order valence-corrected chi connectivity index (χ1v) is 7.54. The molecule has 0 unspecified atom stereocenters. The number of hydrogen-bond donors (Lipinski definition) is 1. The second kappa shape index (κ2) is 5.56. The first-order valence-electron chi connectivity index (χ1n) is 7.54. The normalized spacial score (nSPS) is 13.9. The fourth-order valence-corrected chi connectivity index (χ4v) is 2.49. The maximum atomic E-state index is 12.6. The number of benzene rings is 1. The smallest absolute Gasteiger partial charge is 0.267 e. The second-order valence-corrected chi connectivity index (χ2v) is 6.60. The maximum absolute atomic E-state index is 12.6. The maximum Gasteiger partial charge on any atom is 0.267 e. The monoisotopic (exact) mass is 323 g/mol. The van der Waals surface area contributed by atoms with Crippen LogP contribution in [0.25, 0.3) is 0 Å². The molecule has 2 heterocycles. The van der Waals surface area contributed by atoms with Crippen molar-refractivity contribution in [3.05, 3.63) is 59.3 Å². The summed E-state index contributed by atoms with van der Waals surface area (Å²) >= 11 is 0. The molecule has 24 heavy (non-hydrogen) atoms. The number of nitrogens with zero attached hydrogens (tertiary/aromatic N) is 2. The van der Waals surface area contributed by atoms with Gasteiger partial charge in [0.1, 0.15) is 5.82 Å². The predicted octanol–water partition coefficient (Wildman–Crippen LogP) is 2.41. The molecule has 0 aliphatic carbocycles. The van der Waals surface area contributed by atoms with Gasteiger partial charge in [0.25, 0.3) is 17.7 Å². The Labute approximate surface area is 139 Å². The van der Waals surface area contributed by atoms with Crippen LogP contribution in [0.4, 0.5) is 5.82 Å². The molecule has 0 saturated carbocycles. The van der Waals surface area contributed by atoms with Crippen molar-refractivity contribution in [3.63, 3.8) is 0 Å². The number of fused-ring (bicyclic) bond motifs is 1. The zero-order valence-electron chi connectivity index (χ0n) is 13.7. The Bertz CT molecular complexity index is 838. The van der Waals surface area contributed by atoms with Crippen molar-refractivity contribution in [3.8, 4) is 0 Å². The molecule has 0 atom stereocenters. The fraction of sp³-hybridized carbons (Fsp3) is 0.222. The van der Waals surface area contributed by atoms with Crippen LogP contribution in [0.15, 0.2) is 42.6 Å². The molecule has 1 aliphatic rings. The quantitative estimate of drug-likeness (QED) is 0.861. The molecule has 3 amide bonds. The lowest BCUT2D eigenvalue weighted by molar-refractivity contribution is 0.0912. The Balaban J connectivity index is 1.96. The van der Waals surface area contributed by atoms with E-state index in [0.29, 0.717) is 5.56 Å². The van der Waals surface area contributed by atoms with Gasteiger partial charge in [-0.2, -0.15) is 0 Å². The summed E-state index contributed by atoms with van der Waals surface area (Å²) in [5.41, 5.74) is 0.438. The minimum Gasteiger partial charge on any atom is -0.347 e. The van der Waals surface area contributed by atoms with Gasteiger partial charge in [0.2, 0.25) is 0 Å². The van der Waals surface area contributed by atoms with Crippen LogP contribution < -0.4 is 10.2 Å². The number of aromatic nitrogens is 1. The van der Waals surface area contributed by atoms with E-state index < -0.39 is 17.4 Å². The molecule has 0 bridgehead atoms. The Kier molecular flexibility index (Phi) is 3.67. The summed E-state index contributed by atoms with van der Waals surface area (Å²) in [6.45, 7) is 5.61. The summed E-state index contributed by atoms with van der Waals surface area (Å²) in [6.07, 6.45) is 1.51. The number of hydrogen-bond acceptors (Lipinski definition) is 4. The van der Waals surface area contributed by atoms with Crippen LogP contribution in [-0.2, 0) is 0 Å². The average Bonchev–Trinajstić information content (AvgIpc) is 2.77. The van der Waals surface area contributed by atoms with Gasteiger partial charge >= 0.3 is 0 Å². The van der Waals surface area contributed by atoms with Crippen LogP contribution in [-0.4, -0.2) is 28.2 Å². The van der Waals surface area contributed by atoms with Gasteiger partial charge in [-0.3, -0.25) is 14.4 Å². The number of amides is 3. The molecule has 0 radical (unpaired) electrons. The number of nitrogens with one attached hydrogen (secondary N) is 1. The van der Waals surface area contributed by atoms with Crippen LogP contribution in [0.1, 0.15) is 51.8 Å². The van der Waals surface area contributed by atoms with Crippen molar-refractivity contribution in [2.75, 3.05) is 4.90 Å². The number of rotatable bonds is 2. The Hall–Kier alpha value is -3.02. The molecule has 0 spiro atoms. The third-order valence-corrected chi connectivity index (χ3v) is 3.52. The van der Waals surface area contributed by atoms with Crippen molar-refractivity contribution in [2.24, 2.45) is 0 Å². The largest absolute Gasteiger partial charge is 0.347 e. The topological polar surface area (TPSA) is 79.4 Å². The van der Waals surface area contributed by atoms with E-state index in [1.54, 1.807) is 24.3 Å². The van der Waals surface area contributed by atoms with Crippen molar-refractivity contribution < 1.29 is 14.4 Å². The van der Waals surface area contributed by atoms with Crippen LogP contribution in [0, 0.1) is 0 Å². The Morgan fingerprint density at radius 1 is 1.04 bits per heavy atom. The zero-order chi connectivity index (χ0) is 17.5. The lowest BCUT2D eigenvalue weighted by atomic mass is 10.0. The molecule has 2 aromatic rings. The van der Waals surface area contributed by atoms with Gasteiger partial charge in [0.05, 0.1) is 11.1 Å². The standard InChI is InChI=1S/C18H17N3O3/c1-18(2,3)20-15(22)11-7-8-12-13(10-11)17(24)21(16(12)23)14-6-4-5-9-19-14/h4-10H,1-3H3,(H,20,22). The molecular weight excluding hydrogens is 306 g/mol. The number of imide groups is 1. The van der Waals surface area contributed by atoms with Crippen LogP contribution >= 0.6 is 0 Å². The van der Waals surface area contributed by atoms with E-state index in [4.69, 9.17) is 0 Å². The molecule has 1 N–H and O–H groups in total. The highest BCUT2D eigenvalue weighted by molar-refractivity contribution is 6.34. The SMILES string of the molecule is CC(C)(C)NC(=O)c1ccc2c(c1)C(=O)N(c1ccccn1)C2=O. The van der Waals surface area contributed by atoms with Crippen molar-refractivity contribution in [1.29, 1.82) is 0 Å². The predicted molar refractivity (Wildman–Crippen MR) is 89.0 cm³/mol. The molecule has 3 rings (SSSR count). The van der Waals surface area contributed by atoms with Crippen molar-refractivity contribution in [2.45, 2.75) is 26.3 Å². The molecule has 1 aromatic heterocycles. The third-order valence-electron chi connectivity index (χ3n) is 3.52. The molecule has 1 aliphatic heterocycles. The third kappa shape index (κ3) is 2.78. The fourth-order valence-electron chi connectivity index (χ4n) is 2.49. The number of pyridine rings is 1. The average molecular weight is 323 g/mol. The van der Waals surface area contributed by atoms with Crippen molar-refractivity contribution >= 4 is 23.5 Å². The van der Waals surface area contributed by atoms with Gasteiger partial charge in [-0.15, -0.1) is 0 Å². The minimum atomic E-state index is -0.473. The molecule has 0 fully saturated rings. The summed E-state index contributed by atoms with van der Waals surface area (Å²) < 4.78 is 0. The summed E-state index contributed by atoms with van der Waals surface area (Å²) in [4.78, 5) is 42.4. The van der Waals surface area contributed by atoms with E-state index in [9.17, 15) is 14.4 Å². The van der Waals surface area contributed by atoms with Crippen LogP contribution in [0.5, 0.6) is 0 Å². The Morgan fingerprint density at radius 3 is 2.38 bits per heavy atom. The van der Waals surface area contributed by atoms with Crippen molar-refractivity contribution in [1.82, 2.24) is 10.3 Å². The highest BCUT2D eigenvalue weighted by Gasteiger charge is 2.37. The van der Waals surface area contributed by atoms with Gasteiger partial charge in [0, 0.05) is 17.3 Å². The van der Waals surface area contributed by atoms with E-state index in [2.05, 4.69) is 10.3 Å². The molecule has 122 valence electrons. The molecular formula is C18H17N3O3. The number of carbonyl (C=O) groups is 3. The first kappa shape index (κ1) is 15.9. The van der Waals surface area contributed by atoms with Gasteiger partial charge < -0.3 is 5.32 Å².